The second-order valence-corrected chi connectivity index (χ2v) is 7.38. The van der Waals surface area contributed by atoms with Gasteiger partial charge in [0.05, 0.1) is 6.61 Å². The van der Waals surface area contributed by atoms with E-state index in [2.05, 4.69) is 39.5 Å². The molecule has 0 radical (unpaired) electrons. The van der Waals surface area contributed by atoms with Crippen molar-refractivity contribution in [1.82, 2.24) is 4.90 Å². The van der Waals surface area contributed by atoms with Crippen LogP contribution in [0.3, 0.4) is 0 Å². The molecule has 0 amide bonds. The Hall–Kier alpha value is -0.120. The van der Waals surface area contributed by atoms with E-state index in [9.17, 15) is 5.11 Å². The van der Waals surface area contributed by atoms with Crippen molar-refractivity contribution < 1.29 is 5.11 Å². The lowest BCUT2D eigenvalue weighted by molar-refractivity contribution is 0.0169. The lowest BCUT2D eigenvalue weighted by Gasteiger charge is -2.47. The number of nitrogens with zero attached hydrogens (tertiary/aromatic N) is 1. The third-order valence-corrected chi connectivity index (χ3v) is 5.43. The van der Waals surface area contributed by atoms with Crippen molar-refractivity contribution in [2.24, 2.45) is 16.6 Å². The Balaban J connectivity index is 2.67. The molecule has 1 fully saturated rings. The number of aliphatic hydroxyl groups is 1. The van der Waals surface area contributed by atoms with Crippen LogP contribution in [0.1, 0.15) is 60.3 Å². The first kappa shape index (κ1) is 16.9. The summed E-state index contributed by atoms with van der Waals surface area (Å²) in [6.07, 6.45) is 5.03. The van der Waals surface area contributed by atoms with Crippen LogP contribution in [-0.4, -0.2) is 41.8 Å². The highest BCUT2D eigenvalue weighted by Crippen LogP contribution is 2.39. The van der Waals surface area contributed by atoms with E-state index < -0.39 is 0 Å². The molecule has 0 aromatic heterocycles. The molecule has 1 heterocycles. The van der Waals surface area contributed by atoms with Gasteiger partial charge in [0.1, 0.15) is 0 Å². The molecule has 1 rings (SSSR count). The van der Waals surface area contributed by atoms with Gasteiger partial charge in [0.2, 0.25) is 0 Å². The molecule has 0 aromatic carbocycles. The lowest BCUT2D eigenvalue weighted by Crippen LogP contribution is -2.58. The second-order valence-electron chi connectivity index (χ2n) is 7.38. The van der Waals surface area contributed by atoms with E-state index in [4.69, 9.17) is 5.73 Å². The van der Waals surface area contributed by atoms with Crippen LogP contribution in [0, 0.1) is 10.8 Å². The summed E-state index contributed by atoms with van der Waals surface area (Å²) in [4.78, 5) is 2.42. The molecule has 1 saturated heterocycles. The monoisotopic (exact) mass is 270 g/mol. The number of rotatable bonds is 5. The maximum atomic E-state index is 9.73. The lowest BCUT2D eigenvalue weighted by atomic mass is 9.73. The summed E-state index contributed by atoms with van der Waals surface area (Å²) in [7, 11) is 0. The Morgan fingerprint density at radius 1 is 1.16 bits per heavy atom. The predicted molar refractivity (Wildman–Crippen MR) is 82.1 cm³/mol. The van der Waals surface area contributed by atoms with Crippen molar-refractivity contribution in [1.29, 1.82) is 0 Å². The zero-order chi connectivity index (χ0) is 14.7. The van der Waals surface area contributed by atoms with Crippen LogP contribution in [-0.2, 0) is 0 Å². The summed E-state index contributed by atoms with van der Waals surface area (Å²) >= 11 is 0. The van der Waals surface area contributed by atoms with Crippen LogP contribution in [0.5, 0.6) is 0 Å². The van der Waals surface area contributed by atoms with Gasteiger partial charge in [0.15, 0.2) is 0 Å². The third kappa shape index (κ3) is 3.93. The van der Waals surface area contributed by atoms with Gasteiger partial charge in [0, 0.05) is 12.1 Å². The number of aliphatic hydroxyl groups excluding tert-OH is 1. The summed E-state index contributed by atoms with van der Waals surface area (Å²) in [5, 5.41) is 9.73. The minimum Gasteiger partial charge on any atom is -0.395 e. The molecule has 2 unspecified atom stereocenters. The van der Waals surface area contributed by atoms with Crippen LogP contribution in [0.25, 0.3) is 0 Å². The molecule has 1 aliphatic rings. The van der Waals surface area contributed by atoms with Gasteiger partial charge in [-0.15, -0.1) is 0 Å². The molecule has 2 atom stereocenters. The molecule has 0 bridgehead atoms. The fourth-order valence-electron chi connectivity index (χ4n) is 3.32. The van der Waals surface area contributed by atoms with E-state index in [0.717, 1.165) is 13.1 Å². The third-order valence-electron chi connectivity index (χ3n) is 5.43. The first-order valence-electron chi connectivity index (χ1n) is 7.90. The SMILES string of the molecule is CCC1(CC)CCN(C(CO)C(N)C(C)(C)C)CC1. The van der Waals surface area contributed by atoms with Crippen LogP contribution in [0.4, 0.5) is 0 Å². The normalized spacial score (nSPS) is 24.2. The predicted octanol–water partition coefficient (Wildman–Crippen LogP) is 2.62. The van der Waals surface area contributed by atoms with Gasteiger partial charge in [-0.3, -0.25) is 4.90 Å². The van der Waals surface area contributed by atoms with Crippen molar-refractivity contribution in [3.05, 3.63) is 0 Å². The fourth-order valence-corrected chi connectivity index (χ4v) is 3.32. The van der Waals surface area contributed by atoms with Crippen LogP contribution in [0.2, 0.25) is 0 Å². The van der Waals surface area contributed by atoms with E-state index in [1.807, 2.05) is 0 Å². The van der Waals surface area contributed by atoms with E-state index in [-0.39, 0.29) is 24.1 Å². The summed E-state index contributed by atoms with van der Waals surface area (Å²) in [6, 6.07) is 0.125. The average Bonchev–Trinajstić information content (AvgIpc) is 2.39. The Morgan fingerprint density at radius 2 is 1.63 bits per heavy atom. The van der Waals surface area contributed by atoms with E-state index in [0.29, 0.717) is 5.41 Å². The van der Waals surface area contributed by atoms with Crippen LogP contribution in [0.15, 0.2) is 0 Å². The van der Waals surface area contributed by atoms with Gasteiger partial charge >= 0.3 is 0 Å². The molecule has 0 spiro atoms. The molecule has 3 nitrogen and oxygen atoms in total. The van der Waals surface area contributed by atoms with Gasteiger partial charge in [-0.05, 0) is 36.8 Å². The van der Waals surface area contributed by atoms with E-state index in [1.165, 1.54) is 25.7 Å². The first-order chi connectivity index (χ1) is 8.79. The molecule has 19 heavy (non-hydrogen) atoms. The Bertz CT molecular complexity index is 258. The summed E-state index contributed by atoms with van der Waals surface area (Å²) in [6.45, 7) is 13.4. The molecule has 114 valence electrons. The topological polar surface area (TPSA) is 49.5 Å². The highest BCUT2D eigenvalue weighted by Gasteiger charge is 2.37. The van der Waals surface area contributed by atoms with Crippen LogP contribution >= 0.6 is 0 Å². The minimum absolute atomic E-state index is 0.0215. The highest BCUT2D eigenvalue weighted by molar-refractivity contribution is 4.93. The van der Waals surface area contributed by atoms with Crippen molar-refractivity contribution in [3.63, 3.8) is 0 Å². The minimum atomic E-state index is 0.0215. The van der Waals surface area contributed by atoms with Crippen molar-refractivity contribution in [3.8, 4) is 0 Å². The Labute approximate surface area is 119 Å². The van der Waals surface area contributed by atoms with E-state index >= 15 is 0 Å². The largest absolute Gasteiger partial charge is 0.395 e. The zero-order valence-corrected chi connectivity index (χ0v) is 13.6. The smallest absolute Gasteiger partial charge is 0.0602 e. The van der Waals surface area contributed by atoms with Crippen molar-refractivity contribution >= 4 is 0 Å². The molecule has 3 N–H and O–H groups in total. The molecule has 0 aromatic rings. The fraction of sp³-hybridized carbons (Fsp3) is 1.00. The van der Waals surface area contributed by atoms with Gasteiger partial charge in [-0.25, -0.2) is 0 Å². The number of hydrogen-bond acceptors (Lipinski definition) is 3. The van der Waals surface area contributed by atoms with E-state index in [1.54, 1.807) is 0 Å². The van der Waals surface area contributed by atoms with Gasteiger partial charge in [-0.1, -0.05) is 47.5 Å². The van der Waals surface area contributed by atoms with Gasteiger partial charge in [0.25, 0.3) is 0 Å². The van der Waals surface area contributed by atoms with Crippen molar-refractivity contribution in [2.75, 3.05) is 19.7 Å². The molecular weight excluding hydrogens is 236 g/mol. The number of piperidine rings is 1. The molecule has 0 aliphatic carbocycles. The van der Waals surface area contributed by atoms with Gasteiger partial charge in [-0.2, -0.15) is 0 Å². The summed E-state index contributed by atoms with van der Waals surface area (Å²) in [5.74, 6) is 0. The maximum Gasteiger partial charge on any atom is 0.0602 e. The molecule has 1 aliphatic heterocycles. The summed E-state index contributed by atoms with van der Waals surface area (Å²) in [5.41, 5.74) is 6.94. The maximum absolute atomic E-state index is 9.73. The Morgan fingerprint density at radius 3 is 1.95 bits per heavy atom. The standard InChI is InChI=1S/C16H34N2O/c1-6-16(7-2)8-10-18(11-9-16)13(12-19)14(17)15(3,4)5/h13-14,19H,6-12,17H2,1-5H3. The summed E-state index contributed by atoms with van der Waals surface area (Å²) < 4.78 is 0. The van der Waals surface area contributed by atoms with Crippen LogP contribution < -0.4 is 5.73 Å². The second kappa shape index (κ2) is 6.55. The van der Waals surface area contributed by atoms with Gasteiger partial charge < -0.3 is 10.8 Å². The first-order valence-corrected chi connectivity index (χ1v) is 7.90. The number of nitrogens with two attached hydrogens (primary N) is 1. The zero-order valence-electron chi connectivity index (χ0n) is 13.6. The quantitative estimate of drug-likeness (QED) is 0.807. The van der Waals surface area contributed by atoms with Crippen molar-refractivity contribution in [2.45, 2.75) is 72.4 Å². The number of likely N-dealkylation sites (tertiary alicyclic amines) is 1. The average molecular weight is 270 g/mol. The number of hydrogen-bond donors (Lipinski definition) is 2. The highest BCUT2D eigenvalue weighted by atomic mass is 16.3. The molecule has 0 saturated carbocycles. The molecule has 3 heteroatoms. The molecular formula is C16H34N2O. The Kier molecular flexibility index (Phi) is 5.84.